The number of hydrogen-bond acceptors (Lipinski definition) is 14. The Kier molecular flexibility index (Phi) is 25.8. The van der Waals surface area contributed by atoms with E-state index in [1.54, 1.807) is 4.90 Å². The zero-order chi connectivity index (χ0) is 50.6. The highest BCUT2D eigenvalue weighted by Gasteiger charge is 2.30. The Morgan fingerprint density at radius 3 is 1.70 bits per heavy atom. The summed E-state index contributed by atoms with van der Waals surface area (Å²) in [6.45, 7) is 1.24. The highest BCUT2D eigenvalue weighted by atomic mass is 31.2. The minimum atomic E-state index is -4.74. The first-order chi connectivity index (χ1) is 33.0. The Labute approximate surface area is 397 Å². The lowest BCUT2D eigenvalue weighted by Crippen LogP contribution is -2.44. The minimum absolute atomic E-state index is 0.0557. The predicted molar refractivity (Wildman–Crippen MR) is 242 cm³/mol. The Bertz CT molecular complexity index is 2180. The van der Waals surface area contributed by atoms with E-state index in [1.807, 2.05) is 53.6 Å². The van der Waals surface area contributed by atoms with Crippen molar-refractivity contribution in [3.05, 3.63) is 65.2 Å². The molecular weight excluding hydrogens is 931 g/mol. The molecule has 24 heteroatoms. The first-order valence-corrected chi connectivity index (χ1v) is 23.6. The molecule has 0 spiro atoms. The molecule has 4 unspecified atom stereocenters. The predicted octanol–water partition coefficient (Wildman–Crippen LogP) is 1.85. The maximum Gasteiger partial charge on any atom is 0.403 e. The van der Waals surface area contributed by atoms with Gasteiger partial charge in [0.05, 0.1) is 71.7 Å². The van der Waals surface area contributed by atoms with Gasteiger partial charge in [-0.1, -0.05) is 42.2 Å². The van der Waals surface area contributed by atoms with Crippen molar-refractivity contribution in [2.45, 2.75) is 88.9 Å². The van der Waals surface area contributed by atoms with Crippen LogP contribution in [0.1, 0.15) is 80.9 Å². The van der Waals surface area contributed by atoms with Crippen LogP contribution in [0.2, 0.25) is 0 Å². The summed E-state index contributed by atoms with van der Waals surface area (Å²) in [7, 11) is -4.74. The fraction of sp³-hybridized carbons (Fsp3) is 0.511. The third-order valence-electron chi connectivity index (χ3n) is 10.0. The van der Waals surface area contributed by atoms with Crippen molar-refractivity contribution in [3.63, 3.8) is 0 Å². The molecule has 8 N–H and O–H groups in total. The van der Waals surface area contributed by atoms with Crippen molar-refractivity contribution < 1.29 is 91.7 Å². The highest BCUT2D eigenvalue weighted by Crippen LogP contribution is 2.38. The summed E-state index contributed by atoms with van der Waals surface area (Å²) in [6.07, 6.45) is -2.42. The molecule has 4 atom stereocenters. The molecule has 1 heterocycles. The Morgan fingerprint density at radius 2 is 1.09 bits per heavy atom. The topological polar surface area (TPSA) is 340 Å². The van der Waals surface area contributed by atoms with Crippen molar-refractivity contribution in [1.29, 1.82) is 0 Å². The van der Waals surface area contributed by atoms with E-state index in [1.165, 1.54) is 0 Å². The first-order valence-electron chi connectivity index (χ1n) is 22.0. The van der Waals surface area contributed by atoms with E-state index in [0.29, 0.717) is 12.2 Å². The van der Waals surface area contributed by atoms with E-state index in [-0.39, 0.29) is 109 Å². The molecule has 2 aromatic carbocycles. The average Bonchev–Trinajstić information content (AvgIpc) is 3.29. The standard InChI is InChI=1S/C45H59N4O19P/c50-34(13-17-41(53)49-30-33-8-2-1-6-31(33)11-12-32-7-3-4-10-38(32)49)19-22-64-24-26-66-28-29-67-27-25-65-23-20-40(52)47-36(44(58)59)14-16-39(51)46-35(43(56)57)9-5-21-68-69(62,63)48-37(45(60)61)15-18-42(54)55/h1-4,6-8,10,35-37H,5,9,13-30H2,(H,46,51)(H,47,52)(H,54,55)(H,56,57)(H,58,59)(H,60,61)(H2,48,62,63). The van der Waals surface area contributed by atoms with Gasteiger partial charge in [-0.2, -0.15) is 0 Å². The lowest BCUT2D eigenvalue weighted by atomic mass is 10.0. The summed E-state index contributed by atoms with van der Waals surface area (Å²) in [5.41, 5.74) is 3.24. The van der Waals surface area contributed by atoms with E-state index in [9.17, 15) is 58.0 Å². The molecule has 1 aliphatic heterocycles. The number of para-hydroxylation sites is 1. The molecule has 0 saturated carbocycles. The number of carbonyl (C=O) groups excluding carboxylic acids is 4. The van der Waals surface area contributed by atoms with Crippen LogP contribution in [-0.4, -0.2) is 150 Å². The molecule has 0 bridgehead atoms. The molecule has 1 aliphatic rings. The number of carbonyl (C=O) groups is 8. The number of Topliss-reactive ketones (excluding diaryl/α,β-unsaturated/α-hetero) is 1. The average molecular weight is 991 g/mol. The molecule has 0 aliphatic carbocycles. The van der Waals surface area contributed by atoms with Crippen LogP contribution >= 0.6 is 7.75 Å². The number of carboxylic acid groups (broad SMARTS) is 4. The number of aliphatic carboxylic acids is 4. The maximum absolute atomic E-state index is 13.3. The number of carboxylic acids is 4. The van der Waals surface area contributed by atoms with Crippen molar-refractivity contribution >= 4 is 60.8 Å². The number of fused-ring (bicyclic) bond motifs is 2. The lowest BCUT2D eigenvalue weighted by molar-refractivity contribution is -0.143. The molecule has 0 radical (unpaired) electrons. The number of ketones is 1. The number of nitrogens with one attached hydrogen (secondary N) is 3. The minimum Gasteiger partial charge on any atom is -0.481 e. The quantitative estimate of drug-likeness (QED) is 0.0274. The SMILES string of the molecule is O=C(O)CCC(NP(=O)(O)OCCCC(NC(=O)CCC(NC(=O)CCOCCOCCOCCOCCC(=O)CCC(=O)N1Cc2ccccc2C#Cc2ccccc21)C(=O)O)C(=O)O)C(=O)O. The van der Waals surface area contributed by atoms with E-state index in [2.05, 4.69) is 22.5 Å². The molecule has 69 heavy (non-hydrogen) atoms. The van der Waals surface area contributed by atoms with Crippen LogP contribution < -0.4 is 20.6 Å². The van der Waals surface area contributed by atoms with Crippen LogP contribution in [0.5, 0.6) is 0 Å². The number of amides is 3. The van der Waals surface area contributed by atoms with Crippen LogP contribution in [0, 0.1) is 11.8 Å². The van der Waals surface area contributed by atoms with Crippen molar-refractivity contribution in [2.24, 2.45) is 0 Å². The number of hydrogen-bond donors (Lipinski definition) is 8. The van der Waals surface area contributed by atoms with Gasteiger partial charge >= 0.3 is 31.6 Å². The Morgan fingerprint density at radius 1 is 0.580 bits per heavy atom. The number of nitrogens with zero attached hydrogens (tertiary/aromatic N) is 1. The fourth-order valence-corrected chi connectivity index (χ4v) is 7.46. The fourth-order valence-electron chi connectivity index (χ4n) is 6.37. The van der Waals surface area contributed by atoms with Gasteiger partial charge < -0.3 is 59.8 Å². The summed E-state index contributed by atoms with van der Waals surface area (Å²) in [5.74, 6) is -1.29. The summed E-state index contributed by atoms with van der Waals surface area (Å²) in [4.78, 5) is 108. The van der Waals surface area contributed by atoms with Gasteiger partial charge in [0.25, 0.3) is 0 Å². The zero-order valence-electron chi connectivity index (χ0n) is 37.8. The van der Waals surface area contributed by atoms with Gasteiger partial charge in [-0.15, -0.1) is 0 Å². The highest BCUT2D eigenvalue weighted by molar-refractivity contribution is 7.50. The summed E-state index contributed by atoms with van der Waals surface area (Å²) in [5, 5.41) is 43.1. The molecule has 0 saturated heterocycles. The molecule has 3 rings (SSSR count). The van der Waals surface area contributed by atoms with Gasteiger partial charge in [-0.05, 0) is 49.4 Å². The van der Waals surface area contributed by atoms with E-state index < -0.39 is 87.4 Å². The van der Waals surface area contributed by atoms with Gasteiger partial charge in [0.2, 0.25) is 17.7 Å². The zero-order valence-corrected chi connectivity index (χ0v) is 38.7. The third kappa shape index (κ3) is 23.2. The second kappa shape index (κ2) is 31.1. The van der Waals surface area contributed by atoms with Gasteiger partial charge in [0, 0.05) is 49.7 Å². The van der Waals surface area contributed by atoms with Gasteiger partial charge in [0.15, 0.2) is 0 Å². The largest absolute Gasteiger partial charge is 0.481 e. The van der Waals surface area contributed by atoms with E-state index >= 15 is 0 Å². The summed E-state index contributed by atoms with van der Waals surface area (Å²) < 4.78 is 38.7. The molecular formula is C45H59N4O19P. The van der Waals surface area contributed by atoms with E-state index in [0.717, 1.165) is 16.7 Å². The number of benzene rings is 2. The molecule has 378 valence electrons. The van der Waals surface area contributed by atoms with Crippen LogP contribution in [0.4, 0.5) is 5.69 Å². The maximum atomic E-state index is 13.3. The van der Waals surface area contributed by atoms with Gasteiger partial charge in [-0.3, -0.25) is 33.3 Å². The van der Waals surface area contributed by atoms with Crippen LogP contribution in [0.3, 0.4) is 0 Å². The molecule has 0 fully saturated rings. The summed E-state index contributed by atoms with van der Waals surface area (Å²) in [6, 6.07) is 10.4. The summed E-state index contributed by atoms with van der Waals surface area (Å²) >= 11 is 0. The molecule has 3 amide bonds. The van der Waals surface area contributed by atoms with Crippen molar-refractivity contribution in [1.82, 2.24) is 15.7 Å². The van der Waals surface area contributed by atoms with E-state index in [4.69, 9.17) is 33.7 Å². The van der Waals surface area contributed by atoms with Crippen LogP contribution in [0.25, 0.3) is 0 Å². The number of anilines is 1. The number of rotatable bonds is 36. The van der Waals surface area contributed by atoms with Crippen molar-refractivity contribution in [3.8, 4) is 11.8 Å². The third-order valence-corrected chi connectivity index (χ3v) is 11.2. The normalized spacial score (nSPS) is 13.9. The molecule has 2 aromatic rings. The monoisotopic (exact) mass is 990 g/mol. The van der Waals surface area contributed by atoms with Crippen molar-refractivity contribution in [2.75, 3.05) is 64.4 Å². The van der Waals surface area contributed by atoms with Crippen LogP contribution in [-0.2, 0) is 72.9 Å². The smallest absolute Gasteiger partial charge is 0.403 e. The lowest BCUT2D eigenvalue weighted by Gasteiger charge is -2.26. The first kappa shape index (κ1) is 57.2. The molecule has 23 nitrogen and oxygen atoms in total. The van der Waals surface area contributed by atoms with Gasteiger partial charge in [-0.25, -0.2) is 19.2 Å². The van der Waals surface area contributed by atoms with Crippen LogP contribution in [0.15, 0.2) is 48.5 Å². The molecule has 0 aromatic heterocycles. The second-order valence-electron chi connectivity index (χ2n) is 15.3. The Hall–Kier alpha value is -6.09. The van der Waals surface area contributed by atoms with Gasteiger partial charge in [0.1, 0.15) is 23.9 Å². The Balaban J connectivity index is 1.18. The number of ether oxygens (including phenoxy) is 4. The second-order valence-corrected chi connectivity index (χ2v) is 16.9.